The first-order valence-electron chi connectivity index (χ1n) is 15.9. The Morgan fingerprint density at radius 2 is 0.886 bits per heavy atom. The molecule has 2 aliphatic heterocycles. The molecule has 3 aromatic carbocycles. The van der Waals surface area contributed by atoms with E-state index in [4.69, 9.17) is 0 Å². The van der Waals surface area contributed by atoms with Crippen LogP contribution in [-0.2, 0) is 61.7 Å². The largest absolute Gasteiger partial charge is 0.299 e. The van der Waals surface area contributed by atoms with Crippen LogP contribution >= 0.6 is 0 Å². The predicted molar refractivity (Wildman–Crippen MR) is 181 cm³/mol. The molecule has 2 heterocycles. The van der Waals surface area contributed by atoms with E-state index in [0.29, 0.717) is 54.3 Å². The van der Waals surface area contributed by atoms with Crippen molar-refractivity contribution in [1.82, 2.24) is 0 Å². The lowest BCUT2D eigenvalue weighted by Gasteiger charge is -2.18. The second kappa shape index (κ2) is 14.1. The van der Waals surface area contributed by atoms with Crippen molar-refractivity contribution in [1.29, 1.82) is 0 Å². The topological polar surface area (TPSA) is 85.3 Å². The summed E-state index contributed by atoms with van der Waals surface area (Å²) in [5, 5.41) is 0. The normalized spacial score (nSPS) is 17.9. The zero-order valence-corrected chi connectivity index (χ0v) is 28.8. The van der Waals surface area contributed by atoms with Crippen molar-refractivity contribution in [3.8, 4) is 0 Å². The average molecular weight is 637 g/mol. The Morgan fingerprint density at radius 1 is 0.477 bits per heavy atom. The third kappa shape index (κ3) is 9.13. The smallest absolute Gasteiger partial charge is 0.154 e. The maximum atomic E-state index is 11.5. The van der Waals surface area contributed by atoms with Crippen molar-refractivity contribution in [2.75, 3.05) is 11.5 Å². The van der Waals surface area contributed by atoms with Crippen molar-refractivity contribution >= 4 is 25.5 Å². The Kier molecular flexibility index (Phi) is 10.9. The average Bonchev–Trinajstić information content (AvgIpc) is 2.95. The Balaban J connectivity index is 0.000000151. The number of hydrogen-bond donors (Lipinski definition) is 0. The molecule has 5 nitrogen and oxygen atoms in total. The van der Waals surface area contributed by atoms with Crippen LogP contribution in [0.3, 0.4) is 0 Å². The van der Waals surface area contributed by atoms with Gasteiger partial charge >= 0.3 is 0 Å². The number of Topliss-reactive ketones (excluding diaryl/α,β-unsaturated/α-hetero) is 1. The third-order valence-corrected chi connectivity index (χ3v) is 12.0. The first kappa shape index (κ1) is 34.1. The quantitative estimate of drug-likeness (QED) is 0.299. The van der Waals surface area contributed by atoms with E-state index in [1.54, 1.807) is 0 Å². The highest BCUT2D eigenvalue weighted by molar-refractivity contribution is 7.90. The summed E-state index contributed by atoms with van der Waals surface area (Å²) >= 11 is 0. The maximum absolute atomic E-state index is 11.5. The molecule has 7 heteroatoms. The van der Waals surface area contributed by atoms with Gasteiger partial charge in [0.2, 0.25) is 0 Å². The number of ketones is 1. The molecular formula is C37H48O5S2. The summed E-state index contributed by atoms with van der Waals surface area (Å²) in [6.07, 6.45) is 3.67. The molecule has 0 bridgehead atoms. The summed E-state index contributed by atoms with van der Waals surface area (Å²) < 4.78 is 45.9. The van der Waals surface area contributed by atoms with E-state index in [9.17, 15) is 21.6 Å². The van der Waals surface area contributed by atoms with Crippen LogP contribution in [0.4, 0.5) is 0 Å². The van der Waals surface area contributed by atoms with Crippen LogP contribution in [0.25, 0.3) is 0 Å². The van der Waals surface area contributed by atoms with Gasteiger partial charge in [-0.15, -0.1) is 0 Å². The van der Waals surface area contributed by atoms with Crippen LogP contribution < -0.4 is 0 Å². The monoisotopic (exact) mass is 636 g/mol. The van der Waals surface area contributed by atoms with E-state index in [-0.39, 0.29) is 11.5 Å². The molecule has 0 atom stereocenters. The van der Waals surface area contributed by atoms with Crippen LogP contribution in [0.5, 0.6) is 0 Å². The molecule has 44 heavy (non-hydrogen) atoms. The SMILES string of the molecule is CC(C)c1ccc2c(c1)CC(=O)CC2.CC(C)c1ccc2c(c1)CCS(=O)(=O)C2.CC(C)c1ccc2c(c1)CS(=O)(=O)CC2. The highest BCUT2D eigenvalue weighted by Gasteiger charge is 2.22. The minimum atomic E-state index is -2.84. The number of benzene rings is 3. The van der Waals surface area contributed by atoms with Gasteiger partial charge in [0.15, 0.2) is 19.7 Å². The van der Waals surface area contributed by atoms with Crippen LogP contribution in [0.15, 0.2) is 54.6 Å². The molecule has 0 saturated heterocycles. The van der Waals surface area contributed by atoms with Crippen LogP contribution in [-0.4, -0.2) is 34.1 Å². The second-order valence-corrected chi connectivity index (χ2v) is 17.8. The molecule has 0 N–H and O–H groups in total. The highest BCUT2D eigenvalue weighted by Crippen LogP contribution is 2.27. The Labute approximate surface area is 265 Å². The van der Waals surface area contributed by atoms with Gasteiger partial charge in [-0.05, 0) is 87.1 Å². The van der Waals surface area contributed by atoms with Gasteiger partial charge in [-0.2, -0.15) is 0 Å². The van der Waals surface area contributed by atoms with Crippen molar-refractivity contribution in [2.45, 2.75) is 103 Å². The number of rotatable bonds is 3. The molecule has 1 aliphatic carbocycles. The van der Waals surface area contributed by atoms with E-state index in [1.807, 2.05) is 12.1 Å². The molecule has 3 aromatic rings. The van der Waals surface area contributed by atoms with E-state index >= 15 is 0 Å². The molecule has 0 unspecified atom stereocenters. The number of carbonyl (C=O) groups is 1. The number of aryl methyl sites for hydroxylation is 3. The van der Waals surface area contributed by atoms with Gasteiger partial charge in [0, 0.05) is 12.8 Å². The van der Waals surface area contributed by atoms with Gasteiger partial charge in [-0.3, -0.25) is 4.79 Å². The van der Waals surface area contributed by atoms with Crippen molar-refractivity contribution in [3.05, 3.63) is 105 Å². The van der Waals surface area contributed by atoms with E-state index in [2.05, 4.69) is 84.0 Å². The number of sulfone groups is 2. The van der Waals surface area contributed by atoms with Gasteiger partial charge in [-0.1, -0.05) is 96.1 Å². The molecule has 0 radical (unpaired) electrons. The predicted octanol–water partition coefficient (Wildman–Crippen LogP) is 7.43. The Hall–Kier alpha value is -2.77. The lowest BCUT2D eigenvalue weighted by Crippen LogP contribution is -2.19. The molecule has 3 aliphatic rings. The molecule has 238 valence electrons. The van der Waals surface area contributed by atoms with Gasteiger partial charge in [0.05, 0.1) is 23.0 Å². The third-order valence-electron chi connectivity index (χ3n) is 8.87. The van der Waals surface area contributed by atoms with Gasteiger partial charge < -0.3 is 0 Å². The Bertz CT molecular complexity index is 1710. The summed E-state index contributed by atoms with van der Waals surface area (Å²) in [7, 11) is -5.67. The van der Waals surface area contributed by atoms with Gasteiger partial charge in [0.1, 0.15) is 5.78 Å². The van der Waals surface area contributed by atoms with Crippen molar-refractivity contribution < 1.29 is 21.6 Å². The summed E-state index contributed by atoms with van der Waals surface area (Å²) in [4.78, 5) is 11.3. The molecule has 0 spiro atoms. The van der Waals surface area contributed by atoms with Crippen LogP contribution in [0.1, 0.15) is 116 Å². The molecule has 0 saturated carbocycles. The highest BCUT2D eigenvalue weighted by atomic mass is 32.2. The summed E-state index contributed by atoms with van der Waals surface area (Å²) in [6, 6.07) is 19.0. The van der Waals surface area contributed by atoms with E-state index < -0.39 is 19.7 Å². The van der Waals surface area contributed by atoms with E-state index in [0.717, 1.165) is 24.0 Å². The van der Waals surface area contributed by atoms with Gasteiger partial charge in [-0.25, -0.2) is 16.8 Å². The first-order valence-corrected chi connectivity index (χ1v) is 19.5. The summed E-state index contributed by atoms with van der Waals surface area (Å²) in [5.74, 6) is 2.97. The summed E-state index contributed by atoms with van der Waals surface area (Å²) in [6.45, 7) is 12.9. The summed E-state index contributed by atoms with van der Waals surface area (Å²) in [5.41, 5.74) is 10.9. The van der Waals surface area contributed by atoms with E-state index in [1.165, 1.54) is 38.9 Å². The fourth-order valence-corrected chi connectivity index (χ4v) is 8.75. The number of hydrogen-bond acceptors (Lipinski definition) is 5. The fraction of sp³-hybridized carbons (Fsp3) is 0.486. The molecule has 0 amide bonds. The number of carbonyl (C=O) groups excluding carboxylic acids is 1. The molecular weight excluding hydrogens is 589 g/mol. The van der Waals surface area contributed by atoms with Crippen molar-refractivity contribution in [2.24, 2.45) is 0 Å². The minimum absolute atomic E-state index is 0.223. The standard InChI is InChI=1S/C13H16O.2C12H16O2S/c1-9(2)11-4-3-10-5-6-13(14)8-12(10)7-11;1-9(2)10-3-4-12-8-15(13,14)6-5-11(12)7-10;1-9(2)11-4-3-10-5-6-15(13,14)8-12(10)7-11/h3-4,7,9H,5-6,8H2,1-2H3;2*3-4,7,9H,5-6,8H2,1-2H3. The van der Waals surface area contributed by atoms with Crippen LogP contribution in [0.2, 0.25) is 0 Å². The lowest BCUT2D eigenvalue weighted by atomic mass is 9.88. The maximum Gasteiger partial charge on any atom is 0.154 e. The Morgan fingerprint density at radius 3 is 1.41 bits per heavy atom. The molecule has 0 fully saturated rings. The zero-order chi connectivity index (χ0) is 32.2. The molecule has 6 rings (SSSR count). The fourth-order valence-electron chi connectivity index (χ4n) is 5.90. The molecule has 0 aromatic heterocycles. The van der Waals surface area contributed by atoms with Crippen LogP contribution in [0, 0.1) is 0 Å². The van der Waals surface area contributed by atoms with Crippen molar-refractivity contribution in [3.63, 3.8) is 0 Å². The first-order chi connectivity index (χ1) is 20.6. The lowest BCUT2D eigenvalue weighted by molar-refractivity contribution is -0.118. The van der Waals surface area contributed by atoms with Gasteiger partial charge in [0.25, 0.3) is 0 Å². The number of fused-ring (bicyclic) bond motifs is 3. The minimum Gasteiger partial charge on any atom is -0.299 e. The zero-order valence-electron chi connectivity index (χ0n) is 27.1. The second-order valence-electron chi connectivity index (χ2n) is 13.4.